The normalized spacial score (nSPS) is 22.5. The number of carbonyl (C=O) groups excluding carboxylic acids is 1. The average molecular weight is 392 g/mol. The summed E-state index contributed by atoms with van der Waals surface area (Å²) in [4.78, 5) is 18.3. The van der Waals surface area contributed by atoms with Gasteiger partial charge in [-0.05, 0) is 46.2 Å². The zero-order chi connectivity index (χ0) is 21.0. The Morgan fingerprint density at radius 2 is 1.83 bits per heavy atom. The molecule has 0 N–H and O–H groups in total. The van der Waals surface area contributed by atoms with Crippen LogP contribution in [0.2, 0.25) is 0 Å². The zero-order valence-corrected chi connectivity index (χ0v) is 17.5. The molecule has 4 rings (SSSR count). The van der Waals surface area contributed by atoms with Gasteiger partial charge in [0.2, 0.25) is 0 Å². The molecule has 0 saturated carbocycles. The first-order valence-electron chi connectivity index (χ1n) is 9.82. The molecule has 2 aromatic rings. The molecule has 2 aliphatic heterocycles. The summed E-state index contributed by atoms with van der Waals surface area (Å²) in [6.07, 6.45) is 0. The highest BCUT2D eigenvalue weighted by atomic mass is 16.7. The van der Waals surface area contributed by atoms with Crippen molar-refractivity contribution < 1.29 is 14.1 Å². The molecule has 0 aliphatic carbocycles. The van der Waals surface area contributed by atoms with Crippen LogP contribution >= 0.6 is 0 Å². The number of rotatable bonds is 3. The molecule has 1 atom stereocenters. The molecule has 0 spiro atoms. The van der Waals surface area contributed by atoms with Crippen molar-refractivity contribution in [1.82, 2.24) is 14.7 Å². The molecule has 29 heavy (non-hydrogen) atoms. The number of benzene rings is 1. The third-order valence-corrected chi connectivity index (χ3v) is 6.10. The van der Waals surface area contributed by atoms with Gasteiger partial charge in [0, 0.05) is 13.1 Å². The van der Waals surface area contributed by atoms with E-state index < -0.39 is 18.3 Å². The molecular formula is C21H25BN4O3. The van der Waals surface area contributed by atoms with Gasteiger partial charge < -0.3 is 14.2 Å². The van der Waals surface area contributed by atoms with E-state index in [9.17, 15) is 4.79 Å². The first-order chi connectivity index (χ1) is 13.6. The molecule has 7 nitrogen and oxygen atoms in total. The maximum Gasteiger partial charge on any atom is 0.516 e. The van der Waals surface area contributed by atoms with Gasteiger partial charge in [-0.25, -0.2) is 4.85 Å². The minimum atomic E-state index is -0.590. The Bertz CT molecular complexity index is 974. The third kappa shape index (κ3) is 3.35. The molecule has 0 radical (unpaired) electrons. The molecule has 1 amide bonds. The van der Waals surface area contributed by atoms with E-state index >= 15 is 0 Å². The monoisotopic (exact) mass is 392 g/mol. The van der Waals surface area contributed by atoms with Crippen LogP contribution in [-0.4, -0.2) is 45.5 Å². The molecule has 1 aromatic heterocycles. The fourth-order valence-electron chi connectivity index (χ4n) is 3.66. The lowest BCUT2D eigenvalue weighted by molar-refractivity contribution is 0.00578. The molecule has 150 valence electrons. The van der Waals surface area contributed by atoms with Crippen LogP contribution in [0, 0.1) is 6.57 Å². The van der Waals surface area contributed by atoms with E-state index in [4.69, 9.17) is 15.9 Å². The van der Waals surface area contributed by atoms with Crippen LogP contribution in [0.15, 0.2) is 30.3 Å². The van der Waals surface area contributed by atoms with Crippen LogP contribution in [0.25, 0.3) is 4.85 Å². The topological polar surface area (TPSA) is 61.0 Å². The van der Waals surface area contributed by atoms with Crippen LogP contribution < -0.4 is 5.59 Å². The van der Waals surface area contributed by atoms with Gasteiger partial charge in [0.25, 0.3) is 5.91 Å². The minimum absolute atomic E-state index is 0.0430. The molecule has 8 heteroatoms. The predicted molar refractivity (Wildman–Crippen MR) is 110 cm³/mol. The van der Waals surface area contributed by atoms with Crippen molar-refractivity contribution in [3.8, 4) is 0 Å². The highest BCUT2D eigenvalue weighted by molar-refractivity contribution is 6.61. The Morgan fingerprint density at radius 3 is 2.41 bits per heavy atom. The molecular weight excluding hydrogens is 367 g/mol. The summed E-state index contributed by atoms with van der Waals surface area (Å²) < 4.78 is 14.0. The van der Waals surface area contributed by atoms with E-state index in [1.165, 1.54) is 0 Å². The summed E-state index contributed by atoms with van der Waals surface area (Å²) in [6.45, 7) is 18.2. The minimum Gasteiger partial charge on any atom is -0.398 e. The Kier molecular flexibility index (Phi) is 4.56. The summed E-state index contributed by atoms with van der Waals surface area (Å²) in [6, 6.07) is 9.18. The summed E-state index contributed by atoms with van der Waals surface area (Å²) in [5, 5.41) is 4.65. The second kappa shape index (κ2) is 6.72. The molecule has 2 aliphatic rings. The average Bonchev–Trinajstić information content (AvgIpc) is 3.20. The van der Waals surface area contributed by atoms with Crippen LogP contribution in [0.4, 0.5) is 5.69 Å². The molecule has 3 heterocycles. The standard InChI is InChI=1S/C21H25BN4O3/c1-14-12-25(13-15-7-9-16(23-6)10-8-15)19(27)17-11-18(24-26(14)17)22-28-20(2,3)21(4,5)29-22/h7-11,14H,12-13H2,1-5H3/t14-/m0/s1. The fourth-order valence-corrected chi connectivity index (χ4v) is 3.66. The van der Waals surface area contributed by atoms with E-state index in [0.717, 1.165) is 5.56 Å². The predicted octanol–water partition coefficient (Wildman–Crippen LogP) is 2.95. The number of amides is 1. The lowest BCUT2D eigenvalue weighted by Gasteiger charge is -2.32. The van der Waals surface area contributed by atoms with Gasteiger partial charge in [-0.15, -0.1) is 0 Å². The van der Waals surface area contributed by atoms with E-state index in [1.807, 2.05) is 51.7 Å². The molecule has 0 unspecified atom stereocenters. The van der Waals surface area contributed by atoms with E-state index in [0.29, 0.717) is 30.1 Å². The van der Waals surface area contributed by atoms with Gasteiger partial charge in [-0.2, -0.15) is 5.10 Å². The first-order valence-corrected chi connectivity index (χ1v) is 9.82. The second-order valence-electron chi connectivity index (χ2n) is 8.80. The Labute approximate surface area is 171 Å². The molecule has 1 aromatic carbocycles. The highest BCUT2D eigenvalue weighted by Gasteiger charge is 2.53. The second-order valence-corrected chi connectivity index (χ2v) is 8.80. The Hall–Kier alpha value is -2.63. The van der Waals surface area contributed by atoms with E-state index in [-0.39, 0.29) is 11.9 Å². The van der Waals surface area contributed by atoms with E-state index in [2.05, 4.69) is 9.94 Å². The summed E-state index contributed by atoms with van der Waals surface area (Å²) in [7, 11) is -0.590. The van der Waals surface area contributed by atoms with Crippen molar-refractivity contribution in [2.75, 3.05) is 6.54 Å². The number of carbonyl (C=O) groups is 1. The SMILES string of the molecule is [C-]#[N+]c1ccc(CN2C[C@H](C)n3nc(B4OC(C)(C)C(C)(C)O4)cc3C2=O)cc1. The Morgan fingerprint density at radius 1 is 1.21 bits per heavy atom. The highest BCUT2D eigenvalue weighted by Crippen LogP contribution is 2.36. The van der Waals surface area contributed by atoms with Crippen LogP contribution in [0.3, 0.4) is 0 Å². The van der Waals surface area contributed by atoms with E-state index in [1.54, 1.807) is 22.9 Å². The molecule has 1 fully saturated rings. The van der Waals surface area contributed by atoms with Gasteiger partial charge in [0.1, 0.15) is 5.69 Å². The smallest absolute Gasteiger partial charge is 0.398 e. The lowest BCUT2D eigenvalue weighted by Crippen LogP contribution is -2.42. The molecule has 0 bridgehead atoms. The molecule has 1 saturated heterocycles. The zero-order valence-electron chi connectivity index (χ0n) is 17.5. The number of fused-ring (bicyclic) bond motifs is 1. The van der Waals surface area contributed by atoms with Gasteiger partial charge in [-0.3, -0.25) is 9.48 Å². The van der Waals surface area contributed by atoms with Gasteiger partial charge in [0.05, 0.1) is 29.4 Å². The number of aromatic nitrogens is 2. The summed E-state index contributed by atoms with van der Waals surface area (Å²) in [5.41, 5.74) is 1.85. The van der Waals surface area contributed by atoms with Crippen molar-refractivity contribution in [2.45, 2.75) is 58.4 Å². The van der Waals surface area contributed by atoms with Crippen molar-refractivity contribution in [2.24, 2.45) is 0 Å². The van der Waals surface area contributed by atoms with Crippen molar-refractivity contribution >= 4 is 24.3 Å². The fraction of sp³-hybridized carbons (Fsp3) is 0.476. The van der Waals surface area contributed by atoms with Crippen molar-refractivity contribution in [1.29, 1.82) is 0 Å². The quantitative estimate of drug-likeness (QED) is 0.595. The lowest BCUT2D eigenvalue weighted by atomic mass is 9.85. The maximum atomic E-state index is 13.1. The van der Waals surface area contributed by atoms with Crippen LogP contribution in [0.1, 0.15) is 56.7 Å². The van der Waals surface area contributed by atoms with Gasteiger partial charge in [0.15, 0.2) is 5.69 Å². The van der Waals surface area contributed by atoms with Crippen molar-refractivity contribution in [3.05, 3.63) is 53.0 Å². The number of hydrogen-bond donors (Lipinski definition) is 0. The van der Waals surface area contributed by atoms with Crippen LogP contribution in [-0.2, 0) is 15.9 Å². The first kappa shape index (κ1) is 19.7. The van der Waals surface area contributed by atoms with Gasteiger partial charge in [-0.1, -0.05) is 24.3 Å². The Balaban J connectivity index is 1.57. The van der Waals surface area contributed by atoms with Gasteiger partial charge >= 0.3 is 7.12 Å². The largest absolute Gasteiger partial charge is 0.516 e. The maximum absolute atomic E-state index is 13.1. The third-order valence-electron chi connectivity index (χ3n) is 6.10. The number of hydrogen-bond acceptors (Lipinski definition) is 4. The number of nitrogens with zero attached hydrogens (tertiary/aromatic N) is 4. The van der Waals surface area contributed by atoms with Crippen LogP contribution in [0.5, 0.6) is 0 Å². The van der Waals surface area contributed by atoms with Crippen molar-refractivity contribution in [3.63, 3.8) is 0 Å². The summed E-state index contributed by atoms with van der Waals surface area (Å²) in [5.74, 6) is -0.0624. The summed E-state index contributed by atoms with van der Waals surface area (Å²) >= 11 is 0.